The summed E-state index contributed by atoms with van der Waals surface area (Å²) in [7, 11) is 0. The molecule has 0 saturated carbocycles. The van der Waals surface area contributed by atoms with Gasteiger partial charge in [-0.3, -0.25) is 0 Å². The fourth-order valence-corrected chi connectivity index (χ4v) is 4.22. The van der Waals surface area contributed by atoms with Gasteiger partial charge < -0.3 is 9.97 Å². The van der Waals surface area contributed by atoms with Crippen LogP contribution in [0.3, 0.4) is 0 Å². The highest BCUT2D eigenvalue weighted by Gasteiger charge is 2.31. The lowest BCUT2D eigenvalue weighted by Gasteiger charge is -2.18. The van der Waals surface area contributed by atoms with Gasteiger partial charge in [0.1, 0.15) is 0 Å². The highest BCUT2D eigenvalue weighted by Crippen LogP contribution is 2.40. The van der Waals surface area contributed by atoms with E-state index in [0.717, 1.165) is 56.2 Å². The minimum Gasteiger partial charge on any atom is -0.361 e. The molecule has 1 unspecified atom stereocenters. The monoisotopic (exact) mass is 404 g/mol. The molecule has 5 rings (SSSR count). The molecule has 2 nitrogen and oxygen atoms in total. The number of benzene rings is 3. The minimum atomic E-state index is -4.35. The van der Waals surface area contributed by atoms with E-state index in [9.17, 15) is 13.2 Å². The van der Waals surface area contributed by atoms with Crippen LogP contribution in [0.4, 0.5) is 13.2 Å². The summed E-state index contributed by atoms with van der Waals surface area (Å²) in [5.74, 6) is -0.209. The van der Waals surface area contributed by atoms with E-state index >= 15 is 0 Å². The van der Waals surface area contributed by atoms with Crippen molar-refractivity contribution in [1.82, 2.24) is 9.97 Å². The molecular weight excluding hydrogens is 385 g/mol. The van der Waals surface area contributed by atoms with Gasteiger partial charge in [-0.1, -0.05) is 42.0 Å². The Bertz CT molecular complexity index is 1340. The Hall–Kier alpha value is -3.47. The molecule has 5 aromatic rings. The molecule has 3 aromatic carbocycles. The van der Waals surface area contributed by atoms with Gasteiger partial charge in [-0.05, 0) is 53.9 Å². The van der Waals surface area contributed by atoms with Crippen molar-refractivity contribution >= 4 is 21.8 Å². The third-order valence-corrected chi connectivity index (χ3v) is 5.68. The van der Waals surface area contributed by atoms with Crippen LogP contribution < -0.4 is 0 Å². The fourth-order valence-electron chi connectivity index (χ4n) is 4.22. The Kier molecular flexibility index (Phi) is 4.21. The number of hydrogen-bond acceptors (Lipinski definition) is 0. The zero-order valence-corrected chi connectivity index (χ0v) is 16.2. The molecule has 0 amide bonds. The molecule has 2 N–H and O–H groups in total. The van der Waals surface area contributed by atoms with Gasteiger partial charge in [0.25, 0.3) is 0 Å². The normalized spacial score (nSPS) is 13.2. The number of aryl methyl sites for hydroxylation is 1. The SMILES string of the molecule is Cc1ccc2[nH]cc(C(c3ccc(C(F)(F)F)cc3)c3c[nH]c4ccccc34)c2c1. The van der Waals surface area contributed by atoms with E-state index in [-0.39, 0.29) is 5.92 Å². The van der Waals surface area contributed by atoms with Crippen molar-refractivity contribution in [2.24, 2.45) is 0 Å². The molecule has 150 valence electrons. The number of aromatic amines is 2. The molecule has 0 aliphatic heterocycles. The molecule has 0 fully saturated rings. The van der Waals surface area contributed by atoms with E-state index in [1.807, 2.05) is 55.7 Å². The molecule has 5 heteroatoms. The summed E-state index contributed by atoms with van der Waals surface area (Å²) >= 11 is 0. The summed E-state index contributed by atoms with van der Waals surface area (Å²) in [6.45, 7) is 2.04. The van der Waals surface area contributed by atoms with Gasteiger partial charge in [0.2, 0.25) is 0 Å². The molecule has 2 aromatic heterocycles. The first-order valence-corrected chi connectivity index (χ1v) is 9.72. The highest BCUT2D eigenvalue weighted by atomic mass is 19.4. The lowest BCUT2D eigenvalue weighted by molar-refractivity contribution is -0.137. The third kappa shape index (κ3) is 3.07. The Labute approximate surface area is 171 Å². The Balaban J connectivity index is 1.75. The van der Waals surface area contributed by atoms with Crippen LogP contribution in [0, 0.1) is 6.92 Å². The molecule has 0 bridgehead atoms. The molecule has 30 heavy (non-hydrogen) atoms. The van der Waals surface area contributed by atoms with Crippen molar-refractivity contribution in [2.45, 2.75) is 19.0 Å². The number of rotatable bonds is 3. The number of aromatic nitrogens is 2. The van der Waals surface area contributed by atoms with E-state index in [4.69, 9.17) is 0 Å². The van der Waals surface area contributed by atoms with Crippen molar-refractivity contribution in [3.05, 3.63) is 107 Å². The van der Waals surface area contributed by atoms with Gasteiger partial charge in [-0.15, -0.1) is 0 Å². The lowest BCUT2D eigenvalue weighted by atomic mass is 9.84. The van der Waals surface area contributed by atoms with Gasteiger partial charge in [-0.2, -0.15) is 13.2 Å². The largest absolute Gasteiger partial charge is 0.416 e. The van der Waals surface area contributed by atoms with Crippen LogP contribution in [-0.4, -0.2) is 9.97 Å². The van der Waals surface area contributed by atoms with Crippen LogP contribution in [0.15, 0.2) is 79.1 Å². The molecular formula is C25H19F3N2. The number of alkyl halides is 3. The molecule has 0 aliphatic rings. The van der Waals surface area contributed by atoms with E-state index < -0.39 is 11.7 Å². The summed E-state index contributed by atoms with van der Waals surface area (Å²) < 4.78 is 39.4. The Morgan fingerprint density at radius 3 is 2.07 bits per heavy atom. The van der Waals surface area contributed by atoms with Crippen molar-refractivity contribution < 1.29 is 13.2 Å². The van der Waals surface area contributed by atoms with Crippen LogP contribution in [0.5, 0.6) is 0 Å². The number of hydrogen-bond donors (Lipinski definition) is 2. The summed E-state index contributed by atoms with van der Waals surface area (Å²) in [6.07, 6.45) is -0.428. The number of halogens is 3. The van der Waals surface area contributed by atoms with E-state index in [0.29, 0.717) is 0 Å². The average molecular weight is 404 g/mol. The maximum absolute atomic E-state index is 13.1. The van der Waals surface area contributed by atoms with Crippen LogP contribution in [0.1, 0.15) is 33.7 Å². The van der Waals surface area contributed by atoms with E-state index in [2.05, 4.69) is 16.0 Å². The minimum absolute atomic E-state index is 0.209. The maximum atomic E-state index is 13.1. The fraction of sp³-hybridized carbons (Fsp3) is 0.120. The van der Waals surface area contributed by atoms with Crippen LogP contribution >= 0.6 is 0 Å². The van der Waals surface area contributed by atoms with Gasteiger partial charge in [0.15, 0.2) is 0 Å². The van der Waals surface area contributed by atoms with Crippen molar-refractivity contribution in [1.29, 1.82) is 0 Å². The van der Waals surface area contributed by atoms with Gasteiger partial charge >= 0.3 is 6.18 Å². The summed E-state index contributed by atoms with van der Waals surface area (Å²) in [5, 5.41) is 2.13. The van der Waals surface area contributed by atoms with Gasteiger partial charge in [0, 0.05) is 40.1 Å². The smallest absolute Gasteiger partial charge is 0.361 e. The zero-order chi connectivity index (χ0) is 20.9. The van der Waals surface area contributed by atoms with Crippen LogP contribution in [0.25, 0.3) is 21.8 Å². The second-order valence-corrected chi connectivity index (χ2v) is 7.64. The molecule has 0 saturated heterocycles. The van der Waals surface area contributed by atoms with Crippen molar-refractivity contribution in [3.63, 3.8) is 0 Å². The Morgan fingerprint density at radius 2 is 1.37 bits per heavy atom. The van der Waals surface area contributed by atoms with Gasteiger partial charge in [-0.25, -0.2) is 0 Å². The highest BCUT2D eigenvalue weighted by molar-refractivity contribution is 5.89. The first kappa shape index (κ1) is 18.6. The third-order valence-electron chi connectivity index (χ3n) is 5.68. The Morgan fingerprint density at radius 1 is 0.733 bits per heavy atom. The molecule has 0 radical (unpaired) electrons. The van der Waals surface area contributed by atoms with E-state index in [1.165, 1.54) is 0 Å². The number of nitrogens with one attached hydrogen (secondary N) is 2. The predicted octanol–water partition coefficient (Wildman–Crippen LogP) is 7.16. The second kappa shape index (κ2) is 6.80. The number of fused-ring (bicyclic) bond motifs is 2. The van der Waals surface area contributed by atoms with Crippen molar-refractivity contribution in [2.75, 3.05) is 0 Å². The maximum Gasteiger partial charge on any atom is 0.416 e. The van der Waals surface area contributed by atoms with Gasteiger partial charge in [0.05, 0.1) is 5.56 Å². The standard InChI is InChI=1S/C25H19F3N2/c1-15-6-11-23-19(12-15)21(14-30-23)24(16-7-9-17(10-8-16)25(26,27)28)20-13-29-22-5-3-2-4-18(20)22/h2-14,24,29-30H,1H3. The first-order chi connectivity index (χ1) is 14.4. The predicted molar refractivity (Wildman–Crippen MR) is 114 cm³/mol. The lowest BCUT2D eigenvalue weighted by Crippen LogP contribution is -2.07. The van der Waals surface area contributed by atoms with Crippen molar-refractivity contribution in [3.8, 4) is 0 Å². The molecule has 1 atom stereocenters. The average Bonchev–Trinajstić information content (AvgIpc) is 3.33. The molecule has 0 spiro atoms. The topological polar surface area (TPSA) is 31.6 Å². The number of H-pyrrole nitrogens is 2. The number of para-hydroxylation sites is 1. The summed E-state index contributed by atoms with van der Waals surface area (Å²) in [6, 6.07) is 19.7. The van der Waals surface area contributed by atoms with Crippen LogP contribution in [0.2, 0.25) is 0 Å². The second-order valence-electron chi connectivity index (χ2n) is 7.64. The summed E-state index contributed by atoms with van der Waals surface area (Å²) in [4.78, 5) is 6.63. The molecule has 0 aliphatic carbocycles. The first-order valence-electron chi connectivity index (χ1n) is 9.72. The zero-order valence-electron chi connectivity index (χ0n) is 16.2. The van der Waals surface area contributed by atoms with E-state index in [1.54, 1.807) is 12.1 Å². The molecule has 2 heterocycles. The van der Waals surface area contributed by atoms with Crippen LogP contribution in [-0.2, 0) is 6.18 Å². The quantitative estimate of drug-likeness (QED) is 0.320. The summed E-state index contributed by atoms with van der Waals surface area (Å²) in [5.41, 5.74) is 5.39.